The largest absolute Gasteiger partial charge is 0.463 e. The average Bonchev–Trinajstić information content (AvgIpc) is 1.54. The maximum atomic E-state index is 12.7. The van der Waals surface area contributed by atoms with Crippen LogP contribution in [0.25, 0.3) is 0 Å². The van der Waals surface area contributed by atoms with Gasteiger partial charge in [0.15, 0.2) is 0 Å². The molecular formula is C98H150O20. The molecule has 44 unspecified atom stereocenters. The standard InChI is InChI=1S/C20H32O2.C19H30O2.C18H24O4.C15H26O4.C14H22O2.2C6H8O3/c1-6-20(4,5)22-19(21)16-8-12-7-15(16)18-14-9-13(17(12)18)10(2)11(14)3;1-9-10(2)13-8-12(9)16-11-6-14(17(13)16)15(7-11)18(20)21-19(3,4)5;1-7-8(2)11-3-9(7)4-13(11)17(19)21-15-10-5-12-14(6-10)18(20)22-16(12)15;1-10-11(2)13-8-12(10)9-14(13)15(16)19-7-6-18-5-4-17-3;1-7-4-11-10-5-12(14(11)8(7)2)13(6-10)16-9(3)15;2*1-3-4(2)6(8)9-5(3)7/h10-18H,6-9H2,1-5H3;9-17H,6-8H2,1-5H3;7-16H,3-6H2,1-2H3;10-14H,4-9H2,1-3H3;7-8,10-14H,4-6H2,1-3H3;2*3-4H,1-2H3. The summed E-state index contributed by atoms with van der Waals surface area (Å²) in [7, 11) is 1.64. The molecule has 0 N–H and O–H groups in total. The summed E-state index contributed by atoms with van der Waals surface area (Å²) in [6.07, 6.45) is 18.8. The van der Waals surface area contributed by atoms with Crippen LogP contribution in [0.3, 0.4) is 0 Å². The monoisotopic (exact) mass is 1650 g/mol. The van der Waals surface area contributed by atoms with Crippen molar-refractivity contribution in [3.63, 3.8) is 0 Å². The number of hydrogen-bond donors (Lipinski definition) is 0. The van der Waals surface area contributed by atoms with Crippen molar-refractivity contribution in [2.75, 3.05) is 33.5 Å². The summed E-state index contributed by atoms with van der Waals surface area (Å²) in [5.41, 5.74) is -0.635. The summed E-state index contributed by atoms with van der Waals surface area (Å²) in [6, 6.07) is 0. The lowest BCUT2D eigenvalue weighted by atomic mass is 9.62. The van der Waals surface area contributed by atoms with Gasteiger partial charge in [0.05, 0.1) is 73.1 Å². The minimum absolute atomic E-state index is 0.0108. The number of methoxy groups -OCH3 is 1. The number of ether oxygens (including phenoxy) is 10. The van der Waals surface area contributed by atoms with Crippen molar-refractivity contribution in [1.29, 1.82) is 0 Å². The van der Waals surface area contributed by atoms with Crippen molar-refractivity contribution in [2.24, 2.45) is 243 Å². The summed E-state index contributed by atoms with van der Waals surface area (Å²) in [5.74, 6) is 22.9. The van der Waals surface area contributed by atoms with E-state index in [0.717, 1.165) is 182 Å². The smallest absolute Gasteiger partial charge is 0.317 e. The van der Waals surface area contributed by atoms with Gasteiger partial charge >= 0.3 is 59.7 Å². The maximum absolute atomic E-state index is 12.7. The van der Waals surface area contributed by atoms with Crippen LogP contribution in [-0.4, -0.2) is 123 Å². The zero-order valence-electron chi connectivity index (χ0n) is 75.7. The van der Waals surface area contributed by atoms with Crippen LogP contribution in [0, 0.1) is 243 Å². The maximum Gasteiger partial charge on any atom is 0.317 e. The quantitative estimate of drug-likeness (QED) is 0.0514. The van der Waals surface area contributed by atoms with Gasteiger partial charge in [0.2, 0.25) is 0 Å². The lowest BCUT2D eigenvalue weighted by Gasteiger charge is -2.43. The second kappa shape index (κ2) is 34.9. The summed E-state index contributed by atoms with van der Waals surface area (Å²) >= 11 is 0. The third kappa shape index (κ3) is 16.7. The van der Waals surface area contributed by atoms with Crippen molar-refractivity contribution in [1.82, 2.24) is 0 Å². The molecule has 20 aliphatic rings. The van der Waals surface area contributed by atoms with Crippen LogP contribution in [0.5, 0.6) is 0 Å². The number of cyclic esters (lactones) is 4. The topological polar surface area (TPSA) is 263 Å². The van der Waals surface area contributed by atoms with Crippen molar-refractivity contribution in [3.05, 3.63) is 0 Å². The minimum Gasteiger partial charge on any atom is -0.463 e. The van der Waals surface area contributed by atoms with Crippen LogP contribution in [0.4, 0.5) is 0 Å². The van der Waals surface area contributed by atoms with E-state index in [1.54, 1.807) is 41.7 Å². The molecule has 44 atom stereocenters. The Morgan fingerprint density at radius 1 is 0.364 bits per heavy atom. The second-order valence-electron chi connectivity index (χ2n) is 44.5. The fourth-order valence-electron chi connectivity index (χ4n) is 30.4. The molecule has 17 saturated carbocycles. The van der Waals surface area contributed by atoms with Gasteiger partial charge in [-0.05, 0) is 315 Å². The van der Waals surface area contributed by atoms with Crippen LogP contribution in [-0.2, 0) is 95.3 Å². The van der Waals surface area contributed by atoms with E-state index in [4.69, 9.17) is 37.9 Å². The first-order valence-electron chi connectivity index (χ1n) is 47.4. The summed E-state index contributed by atoms with van der Waals surface area (Å²) in [5, 5.41) is 0. The molecule has 3 saturated heterocycles. The van der Waals surface area contributed by atoms with E-state index in [-0.39, 0.29) is 119 Å². The molecule has 20 fully saturated rings. The van der Waals surface area contributed by atoms with Crippen LogP contribution < -0.4 is 0 Å². The van der Waals surface area contributed by atoms with Gasteiger partial charge in [0.1, 0.15) is 36.1 Å². The first kappa shape index (κ1) is 89.3. The molecular weight excluding hydrogens is 1500 g/mol. The Morgan fingerprint density at radius 3 is 1.23 bits per heavy atom. The second-order valence-corrected chi connectivity index (χ2v) is 44.5. The predicted octanol–water partition coefficient (Wildman–Crippen LogP) is 16.7. The van der Waals surface area contributed by atoms with Crippen LogP contribution in [0.1, 0.15) is 248 Å². The van der Waals surface area contributed by atoms with Gasteiger partial charge in [-0.2, -0.15) is 0 Å². The van der Waals surface area contributed by atoms with E-state index >= 15 is 0 Å². The highest BCUT2D eigenvalue weighted by Gasteiger charge is 2.70. The van der Waals surface area contributed by atoms with Gasteiger partial charge in [-0.1, -0.05) is 104 Å². The number of rotatable bonds is 14. The Balaban J connectivity index is 0.000000115. The van der Waals surface area contributed by atoms with Crippen molar-refractivity contribution in [3.8, 4) is 0 Å². The first-order chi connectivity index (χ1) is 55.6. The normalized spacial score (nSPS) is 48.6. The molecule has 662 valence electrons. The molecule has 0 radical (unpaired) electrons. The van der Waals surface area contributed by atoms with E-state index in [9.17, 15) is 47.9 Å². The first-order valence-corrected chi connectivity index (χ1v) is 47.4. The lowest BCUT2D eigenvalue weighted by molar-refractivity contribution is -0.168. The Hall–Kier alpha value is -4.98. The van der Waals surface area contributed by atoms with Crippen molar-refractivity contribution in [2.45, 2.75) is 278 Å². The minimum atomic E-state index is -0.396. The Kier molecular flexibility index (Phi) is 26.4. The molecule has 3 heterocycles. The molecule has 0 aromatic rings. The molecule has 20 rings (SSSR count). The molecule has 20 nitrogen and oxygen atoms in total. The van der Waals surface area contributed by atoms with Crippen molar-refractivity contribution < 1.29 is 95.3 Å². The summed E-state index contributed by atoms with van der Waals surface area (Å²) in [4.78, 5) is 115. The van der Waals surface area contributed by atoms with Gasteiger partial charge in [0, 0.05) is 25.9 Å². The van der Waals surface area contributed by atoms with Gasteiger partial charge in [0.25, 0.3) is 0 Å². The van der Waals surface area contributed by atoms with Crippen molar-refractivity contribution >= 4 is 59.7 Å². The predicted molar refractivity (Wildman–Crippen MR) is 439 cm³/mol. The Morgan fingerprint density at radius 2 is 0.788 bits per heavy atom. The lowest BCUT2D eigenvalue weighted by Crippen LogP contribution is -2.42. The fraction of sp³-hybridized carbons (Fsp3) is 0.898. The molecule has 0 amide bonds. The molecule has 3 aliphatic heterocycles. The van der Waals surface area contributed by atoms with E-state index < -0.39 is 23.9 Å². The number of hydrogen-bond acceptors (Lipinski definition) is 20. The van der Waals surface area contributed by atoms with Gasteiger partial charge in [-0.15, -0.1) is 0 Å². The fourth-order valence-corrected chi connectivity index (χ4v) is 30.4. The van der Waals surface area contributed by atoms with E-state index in [1.807, 2.05) is 34.6 Å². The summed E-state index contributed by atoms with van der Waals surface area (Å²) in [6.45, 7) is 46.3. The number of fused-ring (bicyclic) bond motifs is 28. The highest BCUT2D eigenvalue weighted by atomic mass is 16.6. The zero-order valence-corrected chi connectivity index (χ0v) is 75.7. The molecule has 0 aromatic heterocycles. The molecule has 16 bridgehead atoms. The highest BCUT2D eigenvalue weighted by Crippen LogP contribution is 2.74. The van der Waals surface area contributed by atoms with Crippen LogP contribution >= 0.6 is 0 Å². The SMILES string of the molecule is CC(=O)OC1CC2CC1C1C(C)C(C)CC21.CC1C(=O)OC(=O)C1C.CC1C(=O)OC(=O)C1C.CC1C(C)C2CC1C1C3CC(C(=O)OC(C)(C)C)C(C3)C21.CC1C2CC(C(=O)OC3C4CC5C(=O)OC3C5C4)C(C2)C1C.CCC(C)(C)OC(=O)C1CC2CC1C1C3CC(C(C)C3C)C21.COCCOCCOC(=O)C1CC2CC1C(C)C2C. The molecule has 0 spiro atoms. The highest BCUT2D eigenvalue weighted by molar-refractivity contribution is 5.96. The number of carbonyl (C=O) groups excluding carboxylic acids is 10. The van der Waals surface area contributed by atoms with E-state index in [2.05, 4.69) is 85.6 Å². The molecule has 17 aliphatic carbocycles. The van der Waals surface area contributed by atoms with Gasteiger partial charge in [-0.25, -0.2) is 0 Å². The Labute approximate surface area is 705 Å². The van der Waals surface area contributed by atoms with E-state index in [1.165, 1.54) is 51.4 Å². The third-order valence-corrected chi connectivity index (χ3v) is 37.9. The van der Waals surface area contributed by atoms with Crippen LogP contribution in [0.2, 0.25) is 0 Å². The zero-order chi connectivity index (χ0) is 85.4. The average molecular weight is 1650 g/mol. The molecule has 20 heteroatoms. The van der Waals surface area contributed by atoms with Gasteiger partial charge in [-0.3, -0.25) is 47.9 Å². The number of esters is 10. The summed E-state index contributed by atoms with van der Waals surface area (Å²) < 4.78 is 52.6. The number of carbonyl (C=O) groups is 10. The molecule has 118 heavy (non-hydrogen) atoms. The van der Waals surface area contributed by atoms with Crippen LogP contribution in [0.15, 0.2) is 0 Å². The Bertz CT molecular complexity index is 3630. The molecule has 0 aromatic carbocycles. The third-order valence-electron chi connectivity index (χ3n) is 37.9. The van der Waals surface area contributed by atoms with Gasteiger partial charge < -0.3 is 47.4 Å². The van der Waals surface area contributed by atoms with E-state index in [0.29, 0.717) is 85.6 Å².